The molecule has 1 aliphatic heterocycles. The van der Waals surface area contributed by atoms with Gasteiger partial charge < -0.3 is 9.84 Å². The van der Waals surface area contributed by atoms with Crippen LogP contribution >= 0.6 is 11.3 Å². The Morgan fingerprint density at radius 3 is 2.53 bits per heavy atom. The van der Waals surface area contributed by atoms with Crippen molar-refractivity contribution in [1.29, 1.82) is 0 Å². The van der Waals surface area contributed by atoms with Crippen LogP contribution in [0.3, 0.4) is 0 Å². The number of thiazole rings is 1. The molecule has 1 aliphatic rings. The van der Waals surface area contributed by atoms with Crippen LogP contribution in [-0.4, -0.2) is 50.8 Å². The number of aryl methyl sites for hydroxylation is 1. The molecule has 34 heavy (non-hydrogen) atoms. The molecule has 2 amide bonds. The molecule has 8 nitrogen and oxygen atoms in total. The summed E-state index contributed by atoms with van der Waals surface area (Å²) < 4.78 is 46.4. The van der Waals surface area contributed by atoms with Crippen molar-refractivity contribution in [2.75, 3.05) is 25.1 Å². The lowest BCUT2D eigenvalue weighted by molar-refractivity contribution is -0.137. The van der Waals surface area contributed by atoms with Crippen molar-refractivity contribution in [2.45, 2.75) is 26.1 Å². The fourth-order valence-corrected chi connectivity index (χ4v) is 4.34. The zero-order valence-electron chi connectivity index (χ0n) is 18.5. The fraction of sp³-hybridized carbons (Fsp3) is 0.318. The maximum atomic E-state index is 12.9. The molecule has 0 radical (unpaired) electrons. The molecule has 2 aromatic heterocycles. The molecule has 180 valence electrons. The van der Waals surface area contributed by atoms with Crippen molar-refractivity contribution in [3.63, 3.8) is 0 Å². The molecule has 1 aromatic carbocycles. The lowest BCUT2D eigenvalue weighted by Crippen LogP contribution is -2.45. The number of alkyl halides is 3. The number of fused-ring (bicyclic) bond motifs is 1. The number of rotatable bonds is 7. The number of carbonyl (C=O) groups excluding carboxylic acids is 1. The molecule has 0 fully saturated rings. The number of anilines is 1. The molecule has 0 saturated carbocycles. The van der Waals surface area contributed by atoms with Crippen molar-refractivity contribution in [2.24, 2.45) is 0 Å². The Kier molecular flexibility index (Phi) is 6.36. The minimum Gasteiger partial charge on any atom is -0.425 e. The van der Waals surface area contributed by atoms with Gasteiger partial charge >= 0.3 is 18.2 Å². The highest BCUT2D eigenvalue weighted by Crippen LogP contribution is 2.39. The smallest absolute Gasteiger partial charge is 0.416 e. The summed E-state index contributed by atoms with van der Waals surface area (Å²) in [6.07, 6.45) is -2.36. The van der Waals surface area contributed by atoms with E-state index in [1.54, 1.807) is 17.8 Å². The summed E-state index contributed by atoms with van der Waals surface area (Å²) in [6.45, 7) is 6.43. The number of amides is 2. The van der Waals surface area contributed by atoms with Crippen molar-refractivity contribution < 1.29 is 27.8 Å². The Morgan fingerprint density at radius 2 is 1.94 bits per heavy atom. The van der Waals surface area contributed by atoms with E-state index >= 15 is 0 Å². The van der Waals surface area contributed by atoms with Gasteiger partial charge in [0, 0.05) is 31.3 Å². The lowest BCUT2D eigenvalue weighted by Gasteiger charge is -2.34. The first-order valence-electron chi connectivity index (χ1n) is 10.3. The van der Waals surface area contributed by atoms with E-state index in [9.17, 15) is 23.1 Å². The second-order valence-electron chi connectivity index (χ2n) is 7.66. The van der Waals surface area contributed by atoms with Crippen LogP contribution in [0.15, 0.2) is 37.0 Å². The molecule has 0 saturated heterocycles. The summed E-state index contributed by atoms with van der Waals surface area (Å²) in [5, 5.41) is 9.98. The molecule has 0 unspecified atom stereocenters. The Bertz CT molecular complexity index is 1220. The zero-order valence-corrected chi connectivity index (χ0v) is 19.3. The number of urea groups is 1. The summed E-state index contributed by atoms with van der Waals surface area (Å²) in [4.78, 5) is 25.6. The maximum Gasteiger partial charge on any atom is 0.416 e. The van der Waals surface area contributed by atoms with Crippen molar-refractivity contribution >= 4 is 28.9 Å². The monoisotopic (exact) mass is 493 g/mol. The van der Waals surface area contributed by atoms with Crippen LogP contribution in [0.1, 0.15) is 27.6 Å². The van der Waals surface area contributed by atoms with Crippen LogP contribution in [0.2, 0.25) is 0 Å². The largest absolute Gasteiger partial charge is 0.425 e. The minimum atomic E-state index is -4.46. The maximum absolute atomic E-state index is 12.9. The van der Waals surface area contributed by atoms with E-state index in [0.29, 0.717) is 23.6 Å². The molecule has 0 bridgehead atoms. The number of hydrogen-bond donors (Lipinski definition) is 1. The quantitative estimate of drug-likeness (QED) is 0.515. The molecule has 0 aliphatic carbocycles. The standard InChI is InChI=1S/C22H22F3N5O3S/c1-13-11-26-17(34-13)12-30-18-14(2)29(9-4-10-31)21(32)28(3)19(18)27-20(30)33-16-7-5-15(6-8-16)22(23,24)25/h5-8,11,31H,2,4,9-10,12H2,1,3H3. The third kappa shape index (κ3) is 4.50. The number of imidazole rings is 1. The Hall–Kier alpha value is -3.38. The number of halogens is 3. The van der Waals surface area contributed by atoms with Gasteiger partial charge in [0.15, 0.2) is 5.82 Å². The normalized spacial score (nSPS) is 14.1. The molecule has 0 spiro atoms. The number of aliphatic hydroxyl groups excluding tert-OH is 1. The van der Waals surface area contributed by atoms with E-state index in [1.807, 2.05) is 6.92 Å². The van der Waals surface area contributed by atoms with Gasteiger partial charge in [0.05, 0.1) is 17.8 Å². The summed E-state index contributed by atoms with van der Waals surface area (Å²) in [5.74, 6) is 0.467. The highest BCUT2D eigenvalue weighted by atomic mass is 32.1. The number of aromatic nitrogens is 3. The zero-order chi connectivity index (χ0) is 24.6. The van der Waals surface area contributed by atoms with Crippen LogP contribution in [-0.2, 0) is 12.7 Å². The number of nitrogens with zero attached hydrogens (tertiary/aromatic N) is 5. The first kappa shape index (κ1) is 23.8. The second kappa shape index (κ2) is 9.11. The first-order chi connectivity index (χ1) is 16.1. The molecule has 3 aromatic rings. The van der Waals surface area contributed by atoms with E-state index in [0.717, 1.165) is 22.0 Å². The van der Waals surface area contributed by atoms with E-state index in [1.165, 1.54) is 33.3 Å². The minimum absolute atomic E-state index is 0.0856. The number of benzene rings is 1. The summed E-state index contributed by atoms with van der Waals surface area (Å²) in [5.41, 5.74) is 0.114. The lowest BCUT2D eigenvalue weighted by atomic mass is 10.2. The van der Waals surface area contributed by atoms with E-state index < -0.39 is 11.7 Å². The molecule has 3 heterocycles. The predicted molar refractivity (Wildman–Crippen MR) is 121 cm³/mol. The SMILES string of the molecule is C=C1c2c(nc(Oc3ccc(C(F)(F)F)cc3)n2Cc2ncc(C)s2)N(C)C(=O)N1CCCO. The van der Waals surface area contributed by atoms with E-state index in [2.05, 4.69) is 16.5 Å². The molecular formula is C22H22F3N5O3S. The van der Waals surface area contributed by atoms with Gasteiger partial charge in [-0.2, -0.15) is 18.2 Å². The van der Waals surface area contributed by atoms with Gasteiger partial charge in [-0.05, 0) is 37.6 Å². The van der Waals surface area contributed by atoms with Crippen molar-refractivity contribution in [3.05, 3.63) is 58.2 Å². The van der Waals surface area contributed by atoms with Gasteiger partial charge in [-0.15, -0.1) is 11.3 Å². The van der Waals surface area contributed by atoms with E-state index in [-0.39, 0.29) is 37.5 Å². The summed E-state index contributed by atoms with van der Waals surface area (Å²) in [6, 6.07) is 4.01. The molecule has 0 atom stereocenters. The molecule has 12 heteroatoms. The van der Waals surface area contributed by atoms with Gasteiger partial charge in [0.25, 0.3) is 0 Å². The average Bonchev–Trinajstić information content (AvgIpc) is 3.36. The number of aliphatic hydroxyl groups is 1. The second-order valence-corrected chi connectivity index (χ2v) is 8.98. The van der Waals surface area contributed by atoms with Gasteiger partial charge in [0.2, 0.25) is 0 Å². The Balaban J connectivity index is 1.76. The molecule has 1 N–H and O–H groups in total. The number of carbonyl (C=O) groups is 1. The predicted octanol–water partition coefficient (Wildman–Crippen LogP) is 4.73. The third-order valence-corrected chi connectivity index (χ3v) is 6.14. The topological polar surface area (TPSA) is 83.7 Å². The fourth-order valence-electron chi connectivity index (χ4n) is 3.57. The van der Waals surface area contributed by atoms with E-state index in [4.69, 9.17) is 4.74 Å². The summed E-state index contributed by atoms with van der Waals surface area (Å²) in [7, 11) is 1.56. The van der Waals surface area contributed by atoms with Gasteiger partial charge in [-0.1, -0.05) is 6.58 Å². The molecule has 4 rings (SSSR count). The molecular weight excluding hydrogens is 471 g/mol. The van der Waals surface area contributed by atoms with Crippen LogP contribution in [0.25, 0.3) is 5.70 Å². The number of hydrogen-bond acceptors (Lipinski definition) is 6. The van der Waals surface area contributed by atoms with Gasteiger partial charge in [-0.3, -0.25) is 14.4 Å². The van der Waals surface area contributed by atoms with Crippen LogP contribution in [0, 0.1) is 6.92 Å². The van der Waals surface area contributed by atoms with Crippen LogP contribution in [0.5, 0.6) is 11.8 Å². The Morgan fingerprint density at radius 1 is 1.24 bits per heavy atom. The van der Waals surface area contributed by atoms with Crippen molar-refractivity contribution in [3.8, 4) is 11.8 Å². The summed E-state index contributed by atoms with van der Waals surface area (Å²) >= 11 is 1.48. The van der Waals surface area contributed by atoms with Crippen molar-refractivity contribution in [1.82, 2.24) is 19.4 Å². The first-order valence-corrected chi connectivity index (χ1v) is 11.1. The van der Waals surface area contributed by atoms with Gasteiger partial charge in [0.1, 0.15) is 16.5 Å². The van der Waals surface area contributed by atoms with Gasteiger partial charge in [-0.25, -0.2) is 9.78 Å². The van der Waals surface area contributed by atoms with Crippen LogP contribution in [0.4, 0.5) is 23.8 Å². The highest BCUT2D eigenvalue weighted by Gasteiger charge is 2.37. The third-order valence-electron chi connectivity index (χ3n) is 5.24. The average molecular weight is 494 g/mol. The van der Waals surface area contributed by atoms with Crippen LogP contribution < -0.4 is 9.64 Å². The highest BCUT2D eigenvalue weighted by molar-refractivity contribution is 7.11. The Labute approximate surface area is 197 Å². The number of ether oxygens (including phenoxy) is 1.